The van der Waals surface area contributed by atoms with E-state index in [1.54, 1.807) is 14.2 Å². The van der Waals surface area contributed by atoms with Gasteiger partial charge in [0.15, 0.2) is 0 Å². The second kappa shape index (κ2) is 13.4. The van der Waals surface area contributed by atoms with Gasteiger partial charge in [-0.2, -0.15) is 5.11 Å². The number of rotatable bonds is 12. The van der Waals surface area contributed by atoms with Crippen LogP contribution in [0.2, 0.25) is 0 Å². The number of aliphatic hydroxyl groups is 1. The zero-order valence-electron chi connectivity index (χ0n) is 23.0. The van der Waals surface area contributed by atoms with E-state index in [0.29, 0.717) is 37.8 Å². The van der Waals surface area contributed by atoms with E-state index in [0.717, 1.165) is 68.1 Å². The monoisotopic (exact) mass is 536 g/mol. The number of nitrogens with zero attached hydrogens (tertiary/aromatic N) is 4. The number of methoxy groups -OCH3 is 2. The Balaban J connectivity index is 1.26. The highest BCUT2D eigenvalue weighted by molar-refractivity contribution is 5.91. The Labute approximate surface area is 230 Å². The molecule has 1 saturated carbocycles. The highest BCUT2D eigenvalue weighted by Gasteiger charge is 2.34. The summed E-state index contributed by atoms with van der Waals surface area (Å²) in [6, 6.07) is 14.7. The van der Waals surface area contributed by atoms with E-state index in [4.69, 9.17) is 18.9 Å². The number of anilines is 1. The number of fused-ring (bicyclic) bond motifs is 1. The third kappa shape index (κ3) is 6.96. The number of benzene rings is 2. The van der Waals surface area contributed by atoms with Crippen LogP contribution in [0.3, 0.4) is 0 Å². The topological polar surface area (TPSA) is 97.5 Å². The number of aliphatic hydroxyl groups excluding tert-OH is 1. The Morgan fingerprint density at radius 1 is 1.13 bits per heavy atom. The normalized spacial score (nSPS) is 23.2. The summed E-state index contributed by atoms with van der Waals surface area (Å²) in [5, 5.41) is 22.3. The zero-order chi connectivity index (χ0) is 27.0. The van der Waals surface area contributed by atoms with E-state index in [-0.39, 0.29) is 12.0 Å². The maximum Gasteiger partial charge on any atom is 0.142 e. The second-order valence-electron chi connectivity index (χ2n) is 10.6. The summed E-state index contributed by atoms with van der Waals surface area (Å²) < 4.78 is 23.2. The highest BCUT2D eigenvalue weighted by atomic mass is 16.5. The molecule has 0 aromatic heterocycles. The first-order valence-electron chi connectivity index (χ1n) is 14.0. The molecule has 0 spiro atoms. The van der Waals surface area contributed by atoms with Gasteiger partial charge < -0.3 is 29.0 Å². The molecule has 1 aliphatic carbocycles. The molecule has 9 heteroatoms. The molecule has 2 aromatic rings. The first-order valence-corrected chi connectivity index (χ1v) is 14.0. The van der Waals surface area contributed by atoms with Crippen LogP contribution < -0.4 is 14.4 Å². The van der Waals surface area contributed by atoms with Crippen molar-refractivity contribution in [1.82, 2.24) is 0 Å². The average molecular weight is 537 g/mol. The fourth-order valence-corrected chi connectivity index (χ4v) is 5.94. The minimum absolute atomic E-state index is 0.0886. The summed E-state index contributed by atoms with van der Waals surface area (Å²) in [5.41, 5.74) is 4.19. The quantitative estimate of drug-likeness (QED) is 0.385. The van der Waals surface area contributed by atoms with Crippen LogP contribution in [0.25, 0.3) is 0 Å². The minimum atomic E-state index is -0.594. The molecule has 4 atom stereocenters. The van der Waals surface area contributed by atoms with Crippen LogP contribution in [0.15, 0.2) is 57.9 Å². The lowest BCUT2D eigenvalue weighted by Gasteiger charge is -2.37. The largest absolute Gasteiger partial charge is 0.497 e. The van der Waals surface area contributed by atoms with E-state index in [2.05, 4.69) is 50.7 Å². The molecular formula is C30H40N4O5. The minimum Gasteiger partial charge on any atom is -0.497 e. The van der Waals surface area contributed by atoms with Gasteiger partial charge >= 0.3 is 0 Å². The van der Waals surface area contributed by atoms with Gasteiger partial charge in [-0.15, -0.1) is 5.10 Å². The van der Waals surface area contributed by atoms with Crippen LogP contribution in [-0.4, -0.2) is 70.1 Å². The van der Waals surface area contributed by atoms with Crippen molar-refractivity contribution in [2.75, 3.05) is 52.0 Å². The molecular weight excluding hydrogens is 496 g/mol. The van der Waals surface area contributed by atoms with Crippen molar-refractivity contribution in [3.63, 3.8) is 0 Å². The Morgan fingerprint density at radius 2 is 2.00 bits per heavy atom. The van der Waals surface area contributed by atoms with Crippen molar-refractivity contribution in [2.45, 2.75) is 56.8 Å². The molecule has 0 saturated heterocycles. The van der Waals surface area contributed by atoms with Crippen molar-refractivity contribution in [2.24, 2.45) is 21.4 Å². The Kier molecular flexibility index (Phi) is 9.44. The van der Waals surface area contributed by atoms with Gasteiger partial charge in [-0.1, -0.05) is 18.2 Å². The summed E-state index contributed by atoms with van der Waals surface area (Å²) in [6.07, 6.45) is 4.03. The lowest BCUT2D eigenvalue weighted by atomic mass is 9.74. The molecule has 3 aliphatic rings. The maximum atomic E-state index is 10.7. The molecule has 0 bridgehead atoms. The third-order valence-corrected chi connectivity index (χ3v) is 8.07. The van der Waals surface area contributed by atoms with Gasteiger partial charge in [-0.05, 0) is 78.6 Å². The predicted molar refractivity (Wildman–Crippen MR) is 150 cm³/mol. The van der Waals surface area contributed by atoms with E-state index in [1.807, 2.05) is 12.1 Å². The zero-order valence-corrected chi connectivity index (χ0v) is 23.0. The highest BCUT2D eigenvalue weighted by Crippen LogP contribution is 2.41. The van der Waals surface area contributed by atoms with Gasteiger partial charge in [-0.3, -0.25) is 0 Å². The molecule has 0 amide bonds. The van der Waals surface area contributed by atoms with Gasteiger partial charge in [0, 0.05) is 26.2 Å². The Bertz CT molecular complexity index is 1140. The van der Waals surface area contributed by atoms with E-state index < -0.39 is 6.10 Å². The predicted octanol–water partition coefficient (Wildman–Crippen LogP) is 4.97. The molecule has 0 unspecified atom stereocenters. The van der Waals surface area contributed by atoms with Gasteiger partial charge in [0.25, 0.3) is 0 Å². The van der Waals surface area contributed by atoms with Crippen molar-refractivity contribution in [3.05, 3.63) is 53.6 Å². The standard InChI is InChI=1S/C30H40N4O5/c1-36-14-3-12-34-13-15-38-30-11-5-22(17-27(30)34)20-39-29-10-4-21(18-28(35)26-19-31-33-32-26)16-25(29)23-6-8-24(37-2)9-7-23/h5-9,11,17,21,25,28-29,35H,3-4,10,12-16,18-20H2,1-2H3/t21-,25-,28-,29+/m1/s1. The van der Waals surface area contributed by atoms with Gasteiger partial charge in [0.1, 0.15) is 24.7 Å². The molecule has 210 valence electrons. The molecule has 1 fully saturated rings. The SMILES string of the molecule is COCCCN1CCOc2ccc(CO[C@H]3CC[C@@H](C[C@@H](O)C4=NN=NC4)C[C@@H]3c3ccc(OC)cc3)cc21. The van der Waals surface area contributed by atoms with E-state index in [9.17, 15) is 5.11 Å². The Morgan fingerprint density at radius 3 is 2.77 bits per heavy atom. The molecule has 1 N–H and O–H groups in total. The van der Waals surface area contributed by atoms with E-state index >= 15 is 0 Å². The van der Waals surface area contributed by atoms with Crippen LogP contribution in [0.1, 0.15) is 49.1 Å². The average Bonchev–Trinajstić information content (AvgIpc) is 3.52. The van der Waals surface area contributed by atoms with Crippen molar-refractivity contribution >= 4 is 11.4 Å². The molecule has 2 aromatic carbocycles. The smallest absolute Gasteiger partial charge is 0.142 e. The first-order chi connectivity index (χ1) is 19.1. The van der Waals surface area contributed by atoms with Gasteiger partial charge in [-0.25, -0.2) is 0 Å². The van der Waals surface area contributed by atoms with Crippen molar-refractivity contribution < 1.29 is 24.1 Å². The third-order valence-electron chi connectivity index (χ3n) is 8.07. The van der Waals surface area contributed by atoms with Gasteiger partial charge in [0.05, 0.1) is 43.9 Å². The van der Waals surface area contributed by atoms with Crippen LogP contribution in [0.4, 0.5) is 5.69 Å². The summed E-state index contributed by atoms with van der Waals surface area (Å²) in [6.45, 7) is 4.22. The summed E-state index contributed by atoms with van der Waals surface area (Å²) in [5.74, 6) is 2.38. The summed E-state index contributed by atoms with van der Waals surface area (Å²) >= 11 is 0. The van der Waals surface area contributed by atoms with E-state index in [1.165, 1.54) is 5.56 Å². The number of ether oxygens (including phenoxy) is 4. The maximum absolute atomic E-state index is 10.7. The fraction of sp³-hybridized carbons (Fsp3) is 0.567. The number of hydrogen-bond donors (Lipinski definition) is 1. The Hall–Kier alpha value is -3.01. The lowest BCUT2D eigenvalue weighted by molar-refractivity contribution is -0.0120. The molecule has 39 heavy (non-hydrogen) atoms. The molecule has 9 nitrogen and oxygen atoms in total. The van der Waals surface area contributed by atoms with Crippen molar-refractivity contribution in [3.8, 4) is 11.5 Å². The molecule has 2 heterocycles. The molecule has 0 radical (unpaired) electrons. The number of hydrogen-bond acceptors (Lipinski definition) is 9. The van der Waals surface area contributed by atoms with Gasteiger partial charge in [0.2, 0.25) is 0 Å². The second-order valence-corrected chi connectivity index (χ2v) is 10.6. The molecule has 5 rings (SSSR count). The summed E-state index contributed by atoms with van der Waals surface area (Å²) in [4.78, 5) is 2.38. The van der Waals surface area contributed by atoms with Crippen LogP contribution in [-0.2, 0) is 16.1 Å². The first kappa shape index (κ1) is 27.6. The lowest BCUT2D eigenvalue weighted by Crippen LogP contribution is -2.34. The summed E-state index contributed by atoms with van der Waals surface area (Å²) in [7, 11) is 3.43. The molecule has 2 aliphatic heterocycles. The van der Waals surface area contributed by atoms with Crippen LogP contribution >= 0.6 is 0 Å². The van der Waals surface area contributed by atoms with Crippen molar-refractivity contribution in [1.29, 1.82) is 0 Å². The van der Waals surface area contributed by atoms with Crippen LogP contribution in [0.5, 0.6) is 11.5 Å². The van der Waals surface area contributed by atoms with Crippen LogP contribution in [0, 0.1) is 5.92 Å². The fourth-order valence-electron chi connectivity index (χ4n) is 5.94.